The molecule has 20 heavy (non-hydrogen) atoms. The van der Waals surface area contributed by atoms with E-state index in [-0.39, 0.29) is 0 Å². The van der Waals surface area contributed by atoms with Gasteiger partial charge in [-0.2, -0.15) is 0 Å². The fourth-order valence-corrected chi connectivity index (χ4v) is 1.75. The Morgan fingerprint density at radius 2 is 2.10 bits per heavy atom. The molecule has 0 fully saturated rings. The molecule has 0 aromatic carbocycles. The van der Waals surface area contributed by atoms with Gasteiger partial charge < -0.3 is 15.4 Å². The maximum Gasteiger partial charge on any atom is 0.407 e. The second-order valence-corrected chi connectivity index (χ2v) is 6.19. The van der Waals surface area contributed by atoms with Crippen molar-refractivity contribution in [2.45, 2.75) is 32.8 Å². The number of hydrogen-bond acceptors (Lipinski definition) is 5. The van der Waals surface area contributed by atoms with E-state index in [1.807, 2.05) is 20.8 Å². The lowest BCUT2D eigenvalue weighted by molar-refractivity contribution is 0.0528. The van der Waals surface area contributed by atoms with E-state index < -0.39 is 11.7 Å². The third-order valence-electron chi connectivity index (χ3n) is 2.06. The van der Waals surface area contributed by atoms with E-state index in [0.717, 1.165) is 6.42 Å². The number of amides is 1. The van der Waals surface area contributed by atoms with Gasteiger partial charge in [-0.25, -0.2) is 14.8 Å². The normalized spacial score (nSPS) is 11.1. The summed E-state index contributed by atoms with van der Waals surface area (Å²) in [6, 6.07) is 0. The van der Waals surface area contributed by atoms with Crippen molar-refractivity contribution in [3.05, 3.63) is 16.0 Å². The van der Waals surface area contributed by atoms with Crippen molar-refractivity contribution in [3.63, 3.8) is 0 Å². The van der Waals surface area contributed by atoms with Crippen molar-refractivity contribution < 1.29 is 9.53 Å². The van der Waals surface area contributed by atoms with Crippen LogP contribution < -0.4 is 10.6 Å². The predicted octanol–water partition coefficient (Wildman–Crippen LogP) is 3.22. The van der Waals surface area contributed by atoms with Crippen molar-refractivity contribution in [2.75, 3.05) is 18.4 Å². The molecule has 1 aromatic rings. The summed E-state index contributed by atoms with van der Waals surface area (Å²) in [4.78, 5) is 19.3. The molecule has 112 valence electrons. The molecule has 1 heterocycles. The Kier molecular flexibility index (Phi) is 6.48. The molecule has 1 aromatic heterocycles. The first-order valence-electron chi connectivity index (χ1n) is 6.16. The van der Waals surface area contributed by atoms with Crippen LogP contribution in [0.4, 0.5) is 10.6 Å². The fraction of sp³-hybridized carbons (Fsp3) is 0.583. The van der Waals surface area contributed by atoms with Crippen LogP contribution in [0.5, 0.6) is 0 Å². The summed E-state index contributed by atoms with van der Waals surface area (Å²) >= 11 is 9.14. The summed E-state index contributed by atoms with van der Waals surface area (Å²) in [5.41, 5.74) is -0.481. The number of nitrogens with one attached hydrogen (secondary N) is 2. The largest absolute Gasteiger partial charge is 0.444 e. The van der Waals surface area contributed by atoms with Crippen LogP contribution in [0, 0.1) is 0 Å². The molecule has 0 aliphatic carbocycles. The topological polar surface area (TPSA) is 76.1 Å². The summed E-state index contributed by atoms with van der Waals surface area (Å²) in [7, 11) is 0. The number of carbonyl (C=O) groups excluding carboxylic acids is 1. The minimum atomic E-state index is -0.481. The molecular formula is C12H18BrClN4O2. The number of ether oxygens (including phenoxy) is 1. The lowest BCUT2D eigenvalue weighted by Crippen LogP contribution is -2.33. The number of halogens is 2. The van der Waals surface area contributed by atoms with Crippen molar-refractivity contribution in [1.82, 2.24) is 15.3 Å². The number of aromatic nitrogens is 2. The fourth-order valence-electron chi connectivity index (χ4n) is 1.27. The predicted molar refractivity (Wildman–Crippen MR) is 82.1 cm³/mol. The zero-order valence-corrected chi connectivity index (χ0v) is 14.0. The van der Waals surface area contributed by atoms with Crippen molar-refractivity contribution >= 4 is 39.4 Å². The van der Waals surface area contributed by atoms with Crippen LogP contribution in [-0.4, -0.2) is 34.8 Å². The quantitative estimate of drug-likeness (QED) is 0.619. The van der Waals surface area contributed by atoms with Crippen molar-refractivity contribution in [3.8, 4) is 0 Å². The van der Waals surface area contributed by atoms with Gasteiger partial charge in [0.2, 0.25) is 0 Å². The lowest BCUT2D eigenvalue weighted by Gasteiger charge is -2.19. The molecule has 2 N–H and O–H groups in total. The first-order valence-corrected chi connectivity index (χ1v) is 7.33. The van der Waals surface area contributed by atoms with Gasteiger partial charge in [0.15, 0.2) is 0 Å². The average Bonchev–Trinajstić information content (AvgIpc) is 2.31. The van der Waals surface area contributed by atoms with Crippen molar-refractivity contribution in [1.29, 1.82) is 0 Å². The minimum absolute atomic E-state index is 0.356. The molecule has 0 radical (unpaired) electrons. The molecule has 0 atom stereocenters. The molecule has 0 saturated carbocycles. The molecule has 0 unspecified atom stereocenters. The van der Waals surface area contributed by atoms with Crippen LogP contribution in [0.1, 0.15) is 27.2 Å². The summed E-state index contributed by atoms with van der Waals surface area (Å²) in [6.45, 7) is 6.62. The van der Waals surface area contributed by atoms with Gasteiger partial charge >= 0.3 is 6.09 Å². The SMILES string of the molecule is CC(C)(C)OC(=O)NCCCNc1ncnc(Cl)c1Br. The Hall–Kier alpha value is -1.08. The van der Waals surface area contributed by atoms with Gasteiger partial charge in [-0.1, -0.05) is 11.6 Å². The highest BCUT2D eigenvalue weighted by atomic mass is 79.9. The second-order valence-electron chi connectivity index (χ2n) is 5.04. The smallest absolute Gasteiger partial charge is 0.407 e. The number of rotatable bonds is 5. The molecule has 0 spiro atoms. The Morgan fingerprint density at radius 3 is 2.75 bits per heavy atom. The van der Waals surface area contributed by atoms with Gasteiger partial charge in [0, 0.05) is 13.1 Å². The highest BCUT2D eigenvalue weighted by Gasteiger charge is 2.15. The van der Waals surface area contributed by atoms with E-state index in [9.17, 15) is 4.79 Å². The average molecular weight is 366 g/mol. The maximum atomic E-state index is 11.4. The molecule has 0 saturated heterocycles. The first-order chi connectivity index (χ1) is 9.29. The van der Waals surface area contributed by atoms with Gasteiger partial charge in [0.1, 0.15) is 22.9 Å². The van der Waals surface area contributed by atoms with Crippen LogP contribution in [0.2, 0.25) is 5.15 Å². The number of hydrogen-bond donors (Lipinski definition) is 2. The summed E-state index contributed by atoms with van der Waals surface area (Å²) in [5, 5.41) is 6.14. The van der Waals surface area contributed by atoms with Crippen LogP contribution in [0.15, 0.2) is 10.8 Å². The third-order valence-corrected chi connectivity index (χ3v) is 3.33. The summed E-state index contributed by atoms with van der Waals surface area (Å²) in [6.07, 6.45) is 1.70. The third kappa shape index (κ3) is 6.38. The van der Waals surface area contributed by atoms with Crippen LogP contribution in [0.3, 0.4) is 0 Å². The van der Waals surface area contributed by atoms with E-state index >= 15 is 0 Å². The number of nitrogens with zero attached hydrogens (tertiary/aromatic N) is 2. The highest BCUT2D eigenvalue weighted by Crippen LogP contribution is 2.25. The standard InChI is InChI=1S/C12H18BrClN4O2/c1-12(2,3)20-11(19)16-6-4-5-15-10-8(13)9(14)17-7-18-10/h7H,4-6H2,1-3H3,(H,16,19)(H,15,17,18). The summed E-state index contributed by atoms with van der Waals surface area (Å²) < 4.78 is 5.75. The van der Waals surface area contributed by atoms with Gasteiger partial charge in [-0.15, -0.1) is 0 Å². The zero-order chi connectivity index (χ0) is 15.2. The maximum absolute atomic E-state index is 11.4. The van der Waals surface area contributed by atoms with Gasteiger partial charge in [-0.05, 0) is 43.1 Å². The Balaban J connectivity index is 2.23. The van der Waals surface area contributed by atoms with Crippen LogP contribution in [-0.2, 0) is 4.74 Å². The first kappa shape index (κ1) is 17.0. The Bertz CT molecular complexity index is 465. The monoisotopic (exact) mass is 364 g/mol. The minimum Gasteiger partial charge on any atom is -0.444 e. The number of anilines is 1. The second kappa shape index (κ2) is 7.64. The molecule has 0 aliphatic heterocycles. The molecule has 1 rings (SSSR count). The molecule has 0 bridgehead atoms. The zero-order valence-electron chi connectivity index (χ0n) is 11.7. The molecule has 6 nitrogen and oxygen atoms in total. The molecular weight excluding hydrogens is 348 g/mol. The lowest BCUT2D eigenvalue weighted by atomic mass is 10.2. The highest BCUT2D eigenvalue weighted by molar-refractivity contribution is 9.10. The van der Waals surface area contributed by atoms with Gasteiger partial charge in [0.25, 0.3) is 0 Å². The van der Waals surface area contributed by atoms with E-state index in [1.165, 1.54) is 6.33 Å². The van der Waals surface area contributed by atoms with E-state index in [0.29, 0.717) is 28.5 Å². The Labute approximate surface area is 131 Å². The van der Waals surface area contributed by atoms with Crippen LogP contribution in [0.25, 0.3) is 0 Å². The van der Waals surface area contributed by atoms with E-state index in [2.05, 4.69) is 36.5 Å². The van der Waals surface area contributed by atoms with Crippen molar-refractivity contribution in [2.24, 2.45) is 0 Å². The molecule has 0 aliphatic rings. The van der Waals surface area contributed by atoms with Gasteiger partial charge in [-0.3, -0.25) is 0 Å². The van der Waals surface area contributed by atoms with Gasteiger partial charge in [0.05, 0.1) is 4.47 Å². The van der Waals surface area contributed by atoms with Crippen LogP contribution >= 0.6 is 27.5 Å². The number of carbonyl (C=O) groups is 1. The Morgan fingerprint density at radius 1 is 1.40 bits per heavy atom. The molecule has 8 heteroatoms. The van der Waals surface area contributed by atoms with E-state index in [1.54, 1.807) is 0 Å². The van der Waals surface area contributed by atoms with E-state index in [4.69, 9.17) is 16.3 Å². The molecule has 1 amide bonds. The summed E-state index contributed by atoms with van der Waals surface area (Å²) in [5.74, 6) is 0.627. The number of alkyl carbamates (subject to hydrolysis) is 1.